The van der Waals surface area contributed by atoms with Gasteiger partial charge in [-0.1, -0.05) is 61.2 Å². The Labute approximate surface area is 237 Å². The molecule has 0 aliphatic carbocycles. The van der Waals surface area contributed by atoms with Gasteiger partial charge < -0.3 is 24.3 Å². The molecular formula is C34H27NO6. The SMILES string of the molecule is C=CC(=O)O.O=C1c2cc(-c3ccc(N(c4ccccc4)c4ccccc4)cc3)ccc2OC(c2ccco2)C1O. The van der Waals surface area contributed by atoms with Crippen LogP contribution in [0.1, 0.15) is 22.2 Å². The quantitative estimate of drug-likeness (QED) is 0.215. The smallest absolute Gasteiger partial charge is 0.327 e. The van der Waals surface area contributed by atoms with E-state index in [1.54, 1.807) is 24.3 Å². The number of furan rings is 1. The second-order valence-corrected chi connectivity index (χ2v) is 9.17. The van der Waals surface area contributed by atoms with Gasteiger partial charge in [-0.25, -0.2) is 4.79 Å². The van der Waals surface area contributed by atoms with E-state index in [4.69, 9.17) is 14.3 Å². The van der Waals surface area contributed by atoms with Crippen LogP contribution in [0.15, 0.2) is 139 Å². The average molecular weight is 546 g/mol. The second kappa shape index (κ2) is 12.2. The molecule has 2 heterocycles. The number of rotatable bonds is 6. The number of benzene rings is 4. The fourth-order valence-electron chi connectivity index (χ4n) is 4.57. The van der Waals surface area contributed by atoms with Crippen molar-refractivity contribution in [3.63, 3.8) is 0 Å². The Bertz CT molecular complexity index is 1590. The summed E-state index contributed by atoms with van der Waals surface area (Å²) in [5.41, 5.74) is 5.33. The van der Waals surface area contributed by atoms with E-state index in [9.17, 15) is 14.7 Å². The molecule has 0 fully saturated rings. The molecule has 2 N–H and O–H groups in total. The number of carbonyl (C=O) groups is 2. The number of fused-ring (bicyclic) bond motifs is 1. The molecule has 1 aliphatic rings. The van der Waals surface area contributed by atoms with Crippen molar-refractivity contribution in [1.82, 2.24) is 0 Å². The van der Waals surface area contributed by atoms with E-state index in [-0.39, 0.29) is 5.78 Å². The summed E-state index contributed by atoms with van der Waals surface area (Å²) < 4.78 is 11.3. The monoisotopic (exact) mass is 545 g/mol. The number of anilines is 3. The van der Waals surface area contributed by atoms with E-state index in [2.05, 4.69) is 47.9 Å². The van der Waals surface area contributed by atoms with Crippen LogP contribution in [0.4, 0.5) is 17.1 Å². The molecule has 41 heavy (non-hydrogen) atoms. The van der Waals surface area contributed by atoms with Gasteiger partial charge in [0.1, 0.15) is 11.5 Å². The lowest BCUT2D eigenvalue weighted by Crippen LogP contribution is -2.36. The number of ketones is 1. The molecule has 1 aromatic heterocycles. The van der Waals surface area contributed by atoms with Crippen LogP contribution in [0, 0.1) is 0 Å². The van der Waals surface area contributed by atoms with Crippen molar-refractivity contribution in [2.24, 2.45) is 0 Å². The Balaban J connectivity index is 0.000000623. The van der Waals surface area contributed by atoms with Crippen molar-refractivity contribution in [2.45, 2.75) is 12.2 Å². The van der Waals surface area contributed by atoms with Crippen LogP contribution in [0.25, 0.3) is 11.1 Å². The molecule has 7 nitrogen and oxygen atoms in total. The Hall–Kier alpha value is -5.40. The third-order valence-corrected chi connectivity index (χ3v) is 6.54. The number of ether oxygens (including phenoxy) is 1. The largest absolute Gasteiger partial charge is 0.478 e. The summed E-state index contributed by atoms with van der Waals surface area (Å²) in [6.07, 6.45) is 0.146. The van der Waals surface area contributed by atoms with Crippen molar-refractivity contribution in [1.29, 1.82) is 0 Å². The zero-order chi connectivity index (χ0) is 28.8. The summed E-state index contributed by atoms with van der Waals surface area (Å²) >= 11 is 0. The number of nitrogens with zero attached hydrogens (tertiary/aromatic N) is 1. The lowest BCUT2D eigenvalue weighted by atomic mass is 9.93. The zero-order valence-electron chi connectivity index (χ0n) is 22.0. The molecule has 204 valence electrons. The third-order valence-electron chi connectivity index (χ3n) is 6.54. The Morgan fingerprint density at radius 3 is 1.88 bits per heavy atom. The number of hydrogen-bond donors (Lipinski definition) is 2. The fourth-order valence-corrected chi connectivity index (χ4v) is 4.57. The highest BCUT2D eigenvalue weighted by molar-refractivity contribution is 6.04. The van der Waals surface area contributed by atoms with E-state index in [1.165, 1.54) is 6.26 Å². The predicted octanol–water partition coefficient (Wildman–Crippen LogP) is 7.35. The molecule has 0 saturated heterocycles. The van der Waals surface area contributed by atoms with Crippen LogP contribution in [0.5, 0.6) is 5.75 Å². The van der Waals surface area contributed by atoms with Gasteiger partial charge in [-0.15, -0.1) is 0 Å². The van der Waals surface area contributed by atoms with Gasteiger partial charge in [0, 0.05) is 23.1 Å². The van der Waals surface area contributed by atoms with Crippen molar-refractivity contribution < 1.29 is 29.0 Å². The molecule has 7 heteroatoms. The molecule has 6 rings (SSSR count). The van der Waals surface area contributed by atoms with Gasteiger partial charge in [-0.2, -0.15) is 0 Å². The van der Waals surface area contributed by atoms with Crippen molar-refractivity contribution >= 4 is 28.8 Å². The molecular weight excluding hydrogens is 518 g/mol. The van der Waals surface area contributed by atoms with Crippen LogP contribution in [0.2, 0.25) is 0 Å². The van der Waals surface area contributed by atoms with E-state index in [0.29, 0.717) is 17.1 Å². The molecule has 2 atom stereocenters. The van der Waals surface area contributed by atoms with Crippen LogP contribution in [-0.4, -0.2) is 28.1 Å². The summed E-state index contributed by atoms with van der Waals surface area (Å²) in [5.74, 6) is -0.505. The Kier molecular flexibility index (Phi) is 8.08. The lowest BCUT2D eigenvalue weighted by Gasteiger charge is -2.28. The minimum atomic E-state index is -1.33. The molecule has 0 radical (unpaired) electrons. The van der Waals surface area contributed by atoms with Gasteiger partial charge >= 0.3 is 5.97 Å². The van der Waals surface area contributed by atoms with E-state index < -0.39 is 18.2 Å². The summed E-state index contributed by atoms with van der Waals surface area (Å²) in [6, 6.07) is 37.5. The Morgan fingerprint density at radius 1 is 0.780 bits per heavy atom. The first-order chi connectivity index (χ1) is 20.0. The summed E-state index contributed by atoms with van der Waals surface area (Å²) in [5, 5.41) is 18.2. The van der Waals surface area contributed by atoms with Crippen LogP contribution < -0.4 is 9.64 Å². The molecule has 0 amide bonds. The van der Waals surface area contributed by atoms with Gasteiger partial charge in [0.05, 0.1) is 11.8 Å². The maximum Gasteiger partial charge on any atom is 0.327 e. The van der Waals surface area contributed by atoms with Gasteiger partial charge in [-0.05, 0) is 71.8 Å². The highest BCUT2D eigenvalue weighted by Gasteiger charge is 2.38. The summed E-state index contributed by atoms with van der Waals surface area (Å²) in [7, 11) is 0. The standard InChI is InChI=1S/C31H23NO4.C3H4O2/c33-29-26-20-22(15-18-27(26)36-31(30(29)34)28-12-7-19-35-28)21-13-16-25(17-14-21)32(23-8-3-1-4-9-23)24-10-5-2-6-11-24;1-2-3(4)5/h1-20,30-31,34H;2H,1H2,(H,4,5). The number of aliphatic carboxylic acids is 1. The number of carboxylic acids is 1. The number of aliphatic hydroxyl groups is 1. The lowest BCUT2D eigenvalue weighted by molar-refractivity contribution is -0.131. The molecule has 0 bridgehead atoms. The number of aliphatic hydroxyl groups excluding tert-OH is 1. The van der Waals surface area contributed by atoms with Gasteiger partial charge in [0.15, 0.2) is 18.0 Å². The number of Topliss-reactive ketones (excluding diaryl/α,β-unsaturated/α-hetero) is 1. The molecule has 4 aromatic carbocycles. The normalized spacial score (nSPS) is 15.5. The van der Waals surface area contributed by atoms with E-state index in [1.807, 2.05) is 54.6 Å². The maximum absolute atomic E-state index is 13.0. The van der Waals surface area contributed by atoms with Crippen LogP contribution in [-0.2, 0) is 4.79 Å². The first kappa shape index (κ1) is 27.2. The third kappa shape index (κ3) is 5.95. The first-order valence-electron chi connectivity index (χ1n) is 12.9. The number of hydrogen-bond acceptors (Lipinski definition) is 6. The minimum Gasteiger partial charge on any atom is -0.478 e. The van der Waals surface area contributed by atoms with Crippen molar-refractivity contribution in [3.8, 4) is 16.9 Å². The molecule has 2 unspecified atom stereocenters. The topological polar surface area (TPSA) is 100 Å². The van der Waals surface area contributed by atoms with Gasteiger partial charge in [0.25, 0.3) is 0 Å². The predicted molar refractivity (Wildman–Crippen MR) is 157 cm³/mol. The Morgan fingerprint density at radius 2 is 1.34 bits per heavy atom. The minimum absolute atomic E-state index is 0.363. The van der Waals surface area contributed by atoms with Crippen molar-refractivity contribution in [3.05, 3.63) is 146 Å². The summed E-state index contributed by atoms with van der Waals surface area (Å²) in [6.45, 7) is 2.96. The summed E-state index contributed by atoms with van der Waals surface area (Å²) in [4.78, 5) is 24.4. The average Bonchev–Trinajstić information content (AvgIpc) is 3.56. The van der Waals surface area contributed by atoms with Gasteiger partial charge in [-0.3, -0.25) is 4.79 Å². The van der Waals surface area contributed by atoms with Gasteiger partial charge in [0.2, 0.25) is 0 Å². The first-order valence-corrected chi connectivity index (χ1v) is 12.9. The molecule has 0 spiro atoms. The second-order valence-electron chi connectivity index (χ2n) is 9.17. The maximum atomic E-state index is 13.0. The molecule has 0 saturated carbocycles. The number of carbonyl (C=O) groups excluding carboxylic acids is 1. The number of carboxylic acid groups (broad SMARTS) is 1. The van der Waals surface area contributed by atoms with Crippen LogP contribution in [0.3, 0.4) is 0 Å². The fraction of sp³-hybridized carbons (Fsp3) is 0.0588. The molecule has 5 aromatic rings. The van der Waals surface area contributed by atoms with E-state index in [0.717, 1.165) is 34.3 Å². The highest BCUT2D eigenvalue weighted by Crippen LogP contribution is 2.39. The van der Waals surface area contributed by atoms with Crippen LogP contribution >= 0.6 is 0 Å². The van der Waals surface area contributed by atoms with E-state index >= 15 is 0 Å². The molecule has 1 aliphatic heterocycles. The highest BCUT2D eigenvalue weighted by atomic mass is 16.5. The number of para-hydroxylation sites is 2. The zero-order valence-corrected chi connectivity index (χ0v) is 22.0. The van der Waals surface area contributed by atoms with Crippen molar-refractivity contribution in [2.75, 3.05) is 4.90 Å².